The van der Waals surface area contributed by atoms with Gasteiger partial charge in [0, 0.05) is 19.7 Å². The monoisotopic (exact) mass is 299 g/mol. The Balaban J connectivity index is 1.75. The summed E-state index contributed by atoms with van der Waals surface area (Å²) in [5, 5.41) is 14.1. The molecule has 2 N–H and O–H groups in total. The summed E-state index contributed by atoms with van der Waals surface area (Å²) in [4.78, 5) is 11.7. The van der Waals surface area contributed by atoms with E-state index in [4.69, 9.17) is 9.47 Å². The van der Waals surface area contributed by atoms with Crippen LogP contribution in [-0.2, 0) is 14.3 Å². The molecule has 0 amide bonds. The fraction of sp³-hybridized carbons (Fsp3) is 0.938. The quantitative estimate of drug-likeness (QED) is 0.730. The van der Waals surface area contributed by atoms with E-state index < -0.39 is 5.60 Å². The molecule has 5 heteroatoms. The molecule has 2 atom stereocenters. The molecule has 0 saturated heterocycles. The van der Waals surface area contributed by atoms with Crippen molar-refractivity contribution in [2.24, 2.45) is 5.92 Å². The van der Waals surface area contributed by atoms with Gasteiger partial charge in [-0.05, 0) is 51.9 Å². The zero-order valence-corrected chi connectivity index (χ0v) is 13.3. The number of methoxy groups -OCH3 is 1. The Morgan fingerprint density at radius 1 is 1.29 bits per heavy atom. The Morgan fingerprint density at radius 2 is 2.00 bits per heavy atom. The molecular weight excluding hydrogens is 270 g/mol. The van der Waals surface area contributed by atoms with Crippen molar-refractivity contribution in [1.29, 1.82) is 0 Å². The lowest BCUT2D eigenvalue weighted by atomic mass is 9.78. The van der Waals surface area contributed by atoms with Gasteiger partial charge in [-0.2, -0.15) is 0 Å². The second-order valence-corrected chi connectivity index (χ2v) is 6.44. The molecule has 0 aromatic heterocycles. The number of aliphatic hydroxyl groups is 1. The first-order chi connectivity index (χ1) is 10.1. The van der Waals surface area contributed by atoms with Crippen LogP contribution in [0.1, 0.15) is 51.9 Å². The largest absolute Gasteiger partial charge is 0.466 e. The Kier molecular flexibility index (Phi) is 6.02. The molecule has 0 heterocycles. The lowest BCUT2D eigenvalue weighted by Crippen LogP contribution is -2.49. The Hall–Kier alpha value is -0.650. The van der Waals surface area contributed by atoms with E-state index in [1.807, 2.05) is 6.92 Å². The predicted octanol–water partition coefficient (Wildman–Crippen LogP) is 1.63. The fourth-order valence-corrected chi connectivity index (χ4v) is 3.59. The van der Waals surface area contributed by atoms with E-state index in [1.54, 1.807) is 7.11 Å². The molecule has 0 aromatic carbocycles. The van der Waals surface area contributed by atoms with Crippen molar-refractivity contribution < 1.29 is 19.4 Å². The molecule has 21 heavy (non-hydrogen) atoms. The van der Waals surface area contributed by atoms with Gasteiger partial charge in [0.15, 0.2) is 0 Å². The van der Waals surface area contributed by atoms with E-state index in [2.05, 4.69) is 5.32 Å². The van der Waals surface area contributed by atoms with Crippen molar-refractivity contribution in [3.8, 4) is 0 Å². The first-order valence-corrected chi connectivity index (χ1v) is 8.23. The molecule has 5 nitrogen and oxygen atoms in total. The minimum atomic E-state index is -0.691. The average molecular weight is 299 g/mol. The maximum Gasteiger partial charge on any atom is 0.308 e. The molecule has 122 valence electrons. The summed E-state index contributed by atoms with van der Waals surface area (Å²) in [7, 11) is 1.75. The van der Waals surface area contributed by atoms with E-state index in [0.717, 1.165) is 25.7 Å². The van der Waals surface area contributed by atoms with Crippen LogP contribution in [0.4, 0.5) is 0 Å². The highest BCUT2D eigenvalue weighted by molar-refractivity contribution is 5.72. The molecule has 0 bridgehead atoms. The van der Waals surface area contributed by atoms with Crippen molar-refractivity contribution in [3.63, 3.8) is 0 Å². The summed E-state index contributed by atoms with van der Waals surface area (Å²) in [6.07, 6.45) is 6.41. The highest BCUT2D eigenvalue weighted by Crippen LogP contribution is 2.33. The third kappa shape index (κ3) is 4.41. The molecule has 0 aromatic rings. The Bertz CT molecular complexity index is 339. The number of ether oxygens (including phenoxy) is 2. The van der Waals surface area contributed by atoms with E-state index in [0.29, 0.717) is 32.0 Å². The topological polar surface area (TPSA) is 67.8 Å². The lowest BCUT2D eigenvalue weighted by Gasteiger charge is -2.36. The maximum absolute atomic E-state index is 11.7. The van der Waals surface area contributed by atoms with Crippen molar-refractivity contribution in [2.75, 3.05) is 20.3 Å². The standard InChI is InChI=1S/C16H29NO4/c1-3-21-15(18)12-7-9-16(19,10-8-12)11-17-13-5-4-6-14(13)20-2/h12-14,17,19H,3-11H2,1-2H3. The van der Waals surface area contributed by atoms with Crippen molar-refractivity contribution in [1.82, 2.24) is 5.32 Å². The highest BCUT2D eigenvalue weighted by atomic mass is 16.5. The van der Waals surface area contributed by atoms with Crippen LogP contribution in [0, 0.1) is 5.92 Å². The highest BCUT2D eigenvalue weighted by Gasteiger charge is 2.37. The van der Waals surface area contributed by atoms with Crippen molar-refractivity contribution in [2.45, 2.75) is 69.6 Å². The van der Waals surface area contributed by atoms with Gasteiger partial charge in [-0.1, -0.05) is 0 Å². The normalized spacial score (nSPS) is 36.6. The maximum atomic E-state index is 11.7. The second kappa shape index (κ2) is 7.56. The van der Waals surface area contributed by atoms with Gasteiger partial charge < -0.3 is 19.9 Å². The average Bonchev–Trinajstić information content (AvgIpc) is 2.94. The fourth-order valence-electron chi connectivity index (χ4n) is 3.59. The van der Waals surface area contributed by atoms with Gasteiger partial charge in [0.1, 0.15) is 0 Å². The van der Waals surface area contributed by atoms with Gasteiger partial charge >= 0.3 is 5.97 Å². The van der Waals surface area contributed by atoms with Crippen LogP contribution in [0.5, 0.6) is 0 Å². The molecule has 0 radical (unpaired) electrons. The summed E-state index contributed by atoms with van der Waals surface area (Å²) in [5.41, 5.74) is -0.691. The number of rotatable bonds is 6. The van der Waals surface area contributed by atoms with E-state index >= 15 is 0 Å². The Morgan fingerprint density at radius 3 is 2.62 bits per heavy atom. The van der Waals surface area contributed by atoms with Crippen LogP contribution in [-0.4, -0.2) is 49.1 Å². The molecule has 0 spiro atoms. The van der Waals surface area contributed by atoms with Crippen LogP contribution < -0.4 is 5.32 Å². The first-order valence-electron chi connectivity index (χ1n) is 8.23. The zero-order chi connectivity index (χ0) is 15.3. The molecule has 2 rings (SSSR count). The van der Waals surface area contributed by atoms with Crippen LogP contribution in [0.25, 0.3) is 0 Å². The number of nitrogens with one attached hydrogen (secondary N) is 1. The van der Waals surface area contributed by atoms with Gasteiger partial charge in [-0.3, -0.25) is 4.79 Å². The molecule has 2 unspecified atom stereocenters. The molecule has 2 aliphatic carbocycles. The number of carbonyl (C=O) groups excluding carboxylic acids is 1. The minimum absolute atomic E-state index is 0.0385. The SMILES string of the molecule is CCOC(=O)C1CCC(O)(CNC2CCCC2OC)CC1. The molecule has 0 aliphatic heterocycles. The summed E-state index contributed by atoms with van der Waals surface area (Å²) in [6, 6.07) is 0.349. The summed E-state index contributed by atoms with van der Waals surface area (Å²) in [6.45, 7) is 2.85. The van der Waals surface area contributed by atoms with Crippen LogP contribution in [0.15, 0.2) is 0 Å². The number of esters is 1. The van der Waals surface area contributed by atoms with Crippen LogP contribution >= 0.6 is 0 Å². The zero-order valence-electron chi connectivity index (χ0n) is 13.3. The van der Waals surface area contributed by atoms with Crippen molar-refractivity contribution >= 4 is 5.97 Å². The Labute approximate surface area is 127 Å². The van der Waals surface area contributed by atoms with E-state index in [9.17, 15) is 9.90 Å². The van der Waals surface area contributed by atoms with Gasteiger partial charge in [0.05, 0.1) is 24.2 Å². The second-order valence-electron chi connectivity index (χ2n) is 6.44. The van der Waals surface area contributed by atoms with Crippen molar-refractivity contribution in [3.05, 3.63) is 0 Å². The number of hydrogen-bond donors (Lipinski definition) is 2. The van der Waals surface area contributed by atoms with Gasteiger partial charge in [-0.25, -0.2) is 0 Å². The molecule has 2 fully saturated rings. The van der Waals surface area contributed by atoms with E-state index in [-0.39, 0.29) is 18.0 Å². The third-order valence-corrected chi connectivity index (χ3v) is 4.98. The summed E-state index contributed by atoms with van der Waals surface area (Å²) in [5.74, 6) is -0.147. The van der Waals surface area contributed by atoms with Gasteiger partial charge in [0.25, 0.3) is 0 Å². The van der Waals surface area contributed by atoms with Gasteiger partial charge in [-0.15, -0.1) is 0 Å². The number of carbonyl (C=O) groups is 1. The molecule has 2 aliphatic rings. The predicted molar refractivity (Wildman–Crippen MR) is 80.0 cm³/mol. The van der Waals surface area contributed by atoms with Gasteiger partial charge in [0.2, 0.25) is 0 Å². The third-order valence-electron chi connectivity index (χ3n) is 4.98. The first kappa shape index (κ1) is 16.7. The molecule has 2 saturated carbocycles. The summed E-state index contributed by atoms with van der Waals surface area (Å²) < 4.78 is 10.5. The van der Waals surface area contributed by atoms with Crippen LogP contribution in [0.2, 0.25) is 0 Å². The van der Waals surface area contributed by atoms with Crippen LogP contribution in [0.3, 0.4) is 0 Å². The summed E-state index contributed by atoms with van der Waals surface area (Å²) >= 11 is 0. The van der Waals surface area contributed by atoms with E-state index in [1.165, 1.54) is 6.42 Å². The molecular formula is C16H29NO4. The lowest BCUT2D eigenvalue weighted by molar-refractivity contribution is -0.151. The smallest absolute Gasteiger partial charge is 0.308 e. The minimum Gasteiger partial charge on any atom is -0.466 e. The number of hydrogen-bond acceptors (Lipinski definition) is 5.